The van der Waals surface area contributed by atoms with Gasteiger partial charge in [-0.3, -0.25) is 5.10 Å². The zero-order valence-electron chi connectivity index (χ0n) is 12.0. The molecule has 0 unspecified atom stereocenters. The van der Waals surface area contributed by atoms with Crippen molar-refractivity contribution < 1.29 is 0 Å². The monoisotopic (exact) mass is 299 g/mol. The van der Waals surface area contributed by atoms with Gasteiger partial charge < -0.3 is 5.32 Å². The van der Waals surface area contributed by atoms with Gasteiger partial charge in [-0.05, 0) is 36.2 Å². The van der Waals surface area contributed by atoms with Crippen LogP contribution in [0.4, 0.5) is 0 Å². The first-order valence-electron chi connectivity index (χ1n) is 7.11. The van der Waals surface area contributed by atoms with E-state index in [1.165, 1.54) is 22.2 Å². The maximum Gasteiger partial charge on any atom is 0.0923 e. The third-order valence-corrected chi connectivity index (χ3v) is 3.74. The summed E-state index contributed by atoms with van der Waals surface area (Å²) in [5, 5.41) is 12.9. The number of benzene rings is 2. The lowest BCUT2D eigenvalue weighted by Crippen LogP contribution is -2.17. The van der Waals surface area contributed by atoms with Crippen LogP contribution in [0.1, 0.15) is 16.8 Å². The van der Waals surface area contributed by atoms with E-state index < -0.39 is 0 Å². The van der Waals surface area contributed by atoms with Crippen LogP contribution in [0.25, 0.3) is 10.9 Å². The summed E-state index contributed by atoms with van der Waals surface area (Å²) in [6.07, 6.45) is 0.931. The van der Waals surface area contributed by atoms with Gasteiger partial charge in [0.1, 0.15) is 0 Å². The van der Waals surface area contributed by atoms with Gasteiger partial charge in [0.05, 0.1) is 5.52 Å². The molecule has 1 heterocycles. The molecule has 2 aromatic carbocycles. The molecule has 3 nitrogen and oxygen atoms in total. The second-order valence-electron chi connectivity index (χ2n) is 5.28. The van der Waals surface area contributed by atoms with Crippen molar-refractivity contribution in [1.29, 1.82) is 0 Å². The van der Waals surface area contributed by atoms with Crippen molar-refractivity contribution in [3.63, 3.8) is 0 Å². The van der Waals surface area contributed by atoms with E-state index in [1.807, 2.05) is 30.3 Å². The summed E-state index contributed by atoms with van der Waals surface area (Å²) in [6, 6.07) is 14.3. The van der Waals surface area contributed by atoms with Gasteiger partial charge in [0.15, 0.2) is 0 Å². The highest BCUT2D eigenvalue weighted by molar-refractivity contribution is 6.30. The van der Waals surface area contributed by atoms with Crippen molar-refractivity contribution in [1.82, 2.24) is 15.5 Å². The summed E-state index contributed by atoms with van der Waals surface area (Å²) in [4.78, 5) is 0. The summed E-state index contributed by atoms with van der Waals surface area (Å²) < 4.78 is 0. The smallest absolute Gasteiger partial charge is 0.0923 e. The average molecular weight is 300 g/mol. The molecule has 0 aliphatic rings. The van der Waals surface area contributed by atoms with E-state index in [0.29, 0.717) is 0 Å². The number of nitrogens with zero attached hydrogens (tertiary/aromatic N) is 1. The first-order valence-corrected chi connectivity index (χ1v) is 7.49. The molecule has 1 aromatic heterocycles. The minimum atomic E-state index is 0.798. The van der Waals surface area contributed by atoms with Gasteiger partial charge in [-0.1, -0.05) is 35.9 Å². The fraction of sp³-hybridized carbons (Fsp3) is 0.235. The van der Waals surface area contributed by atoms with Crippen molar-refractivity contribution in [2.24, 2.45) is 0 Å². The predicted molar refractivity (Wildman–Crippen MR) is 87.7 cm³/mol. The second-order valence-corrected chi connectivity index (χ2v) is 5.72. The van der Waals surface area contributed by atoms with Gasteiger partial charge in [0.2, 0.25) is 0 Å². The highest BCUT2D eigenvalue weighted by atomic mass is 35.5. The molecule has 0 radical (unpaired) electrons. The Kier molecular flexibility index (Phi) is 4.23. The number of hydrogen-bond donors (Lipinski definition) is 2. The highest BCUT2D eigenvalue weighted by Gasteiger charge is 2.03. The number of aromatic amines is 1. The number of hydrogen-bond acceptors (Lipinski definition) is 2. The zero-order valence-corrected chi connectivity index (χ0v) is 12.7. The van der Waals surface area contributed by atoms with Crippen LogP contribution in [-0.2, 0) is 13.0 Å². The molecule has 0 spiro atoms. The first kappa shape index (κ1) is 14.1. The molecular weight excluding hydrogens is 282 g/mol. The summed E-state index contributed by atoms with van der Waals surface area (Å²) >= 11 is 6.07. The summed E-state index contributed by atoms with van der Waals surface area (Å²) in [6.45, 7) is 3.79. The second kappa shape index (κ2) is 6.29. The number of aryl methyl sites for hydroxylation is 1. The van der Waals surface area contributed by atoms with E-state index in [2.05, 4.69) is 34.6 Å². The third-order valence-electron chi connectivity index (χ3n) is 3.52. The normalized spacial score (nSPS) is 11.1. The highest BCUT2D eigenvalue weighted by Crippen LogP contribution is 2.16. The topological polar surface area (TPSA) is 40.7 Å². The third kappa shape index (κ3) is 3.43. The lowest BCUT2D eigenvalue weighted by molar-refractivity contribution is 0.680. The van der Waals surface area contributed by atoms with E-state index >= 15 is 0 Å². The largest absolute Gasteiger partial charge is 0.312 e. The lowest BCUT2D eigenvalue weighted by atomic mass is 10.1. The molecule has 0 fully saturated rings. The Morgan fingerprint density at radius 3 is 2.90 bits per heavy atom. The van der Waals surface area contributed by atoms with Crippen LogP contribution >= 0.6 is 11.6 Å². The van der Waals surface area contributed by atoms with Gasteiger partial charge in [-0.2, -0.15) is 5.10 Å². The summed E-state index contributed by atoms with van der Waals surface area (Å²) in [5.41, 5.74) is 4.62. The van der Waals surface area contributed by atoms with Crippen LogP contribution in [0.3, 0.4) is 0 Å². The number of nitrogens with one attached hydrogen (secondary N) is 2. The van der Waals surface area contributed by atoms with E-state index in [4.69, 9.17) is 11.6 Å². The fourth-order valence-corrected chi connectivity index (χ4v) is 2.88. The number of para-hydroxylation sites is 1. The fourth-order valence-electron chi connectivity index (χ4n) is 2.57. The van der Waals surface area contributed by atoms with Crippen molar-refractivity contribution in [3.8, 4) is 0 Å². The van der Waals surface area contributed by atoms with E-state index in [9.17, 15) is 0 Å². The van der Waals surface area contributed by atoms with Crippen molar-refractivity contribution in [2.75, 3.05) is 6.54 Å². The van der Waals surface area contributed by atoms with Crippen molar-refractivity contribution >= 4 is 22.5 Å². The number of rotatable bonds is 5. The standard InChI is InChI=1S/C17H18ClN3/c1-12-8-13(10-14(18)9-12)11-19-7-6-17-15-4-2-3-5-16(15)20-21-17/h2-5,8-10,19H,6-7,11H2,1H3,(H,20,21). The van der Waals surface area contributed by atoms with Crippen LogP contribution in [0.15, 0.2) is 42.5 Å². The van der Waals surface area contributed by atoms with Crippen molar-refractivity contribution in [3.05, 3.63) is 64.3 Å². The SMILES string of the molecule is Cc1cc(Cl)cc(CNCCc2[nH]nc3ccccc23)c1. The Balaban J connectivity index is 1.56. The van der Waals surface area contributed by atoms with E-state index in [1.54, 1.807) is 0 Å². The summed E-state index contributed by atoms with van der Waals surface area (Å²) in [7, 11) is 0. The maximum atomic E-state index is 6.07. The Labute approximate surface area is 129 Å². The Morgan fingerprint density at radius 1 is 1.19 bits per heavy atom. The van der Waals surface area contributed by atoms with Crippen LogP contribution in [0.5, 0.6) is 0 Å². The lowest BCUT2D eigenvalue weighted by Gasteiger charge is -2.06. The van der Waals surface area contributed by atoms with Crippen LogP contribution in [0.2, 0.25) is 5.02 Å². The van der Waals surface area contributed by atoms with E-state index in [-0.39, 0.29) is 0 Å². The van der Waals surface area contributed by atoms with Crippen LogP contribution in [-0.4, -0.2) is 16.7 Å². The molecule has 0 saturated heterocycles. The molecule has 0 atom stereocenters. The van der Waals surface area contributed by atoms with Gasteiger partial charge in [0, 0.05) is 35.6 Å². The van der Waals surface area contributed by atoms with Crippen LogP contribution in [0, 0.1) is 6.92 Å². The van der Waals surface area contributed by atoms with Gasteiger partial charge >= 0.3 is 0 Å². The molecule has 0 amide bonds. The molecular formula is C17H18ClN3. The Hall–Kier alpha value is -1.84. The molecule has 0 bridgehead atoms. The Morgan fingerprint density at radius 2 is 2.05 bits per heavy atom. The number of H-pyrrole nitrogens is 1. The molecule has 2 N–H and O–H groups in total. The average Bonchev–Trinajstić information content (AvgIpc) is 2.86. The van der Waals surface area contributed by atoms with Crippen LogP contribution < -0.4 is 5.32 Å². The molecule has 0 aliphatic carbocycles. The van der Waals surface area contributed by atoms with E-state index in [0.717, 1.165) is 30.0 Å². The minimum Gasteiger partial charge on any atom is -0.312 e. The zero-order chi connectivity index (χ0) is 14.7. The maximum absolute atomic E-state index is 6.07. The molecule has 108 valence electrons. The molecule has 21 heavy (non-hydrogen) atoms. The summed E-state index contributed by atoms with van der Waals surface area (Å²) in [5.74, 6) is 0. The number of aromatic nitrogens is 2. The Bertz CT molecular complexity index is 728. The molecule has 3 rings (SSSR count). The molecule has 0 saturated carbocycles. The number of fused-ring (bicyclic) bond motifs is 1. The minimum absolute atomic E-state index is 0.798. The number of halogens is 1. The van der Waals surface area contributed by atoms with Gasteiger partial charge in [-0.25, -0.2) is 0 Å². The van der Waals surface area contributed by atoms with Gasteiger partial charge in [-0.15, -0.1) is 0 Å². The molecule has 0 aliphatic heterocycles. The first-order chi connectivity index (χ1) is 10.2. The van der Waals surface area contributed by atoms with Crippen molar-refractivity contribution in [2.45, 2.75) is 19.9 Å². The van der Waals surface area contributed by atoms with Gasteiger partial charge in [0.25, 0.3) is 0 Å². The molecule has 3 aromatic rings. The molecule has 4 heteroatoms. The quantitative estimate of drug-likeness (QED) is 0.702. The predicted octanol–water partition coefficient (Wildman–Crippen LogP) is 3.86.